The summed E-state index contributed by atoms with van der Waals surface area (Å²) in [4.78, 5) is 23.9. The molecule has 1 amide bonds. The number of benzene rings is 2. The molecule has 1 N–H and O–H groups in total. The molecule has 5 nitrogen and oxygen atoms in total. The Kier molecular flexibility index (Phi) is 7.24. The zero-order valence-corrected chi connectivity index (χ0v) is 15.3. The predicted octanol–water partition coefficient (Wildman–Crippen LogP) is 3.61. The third-order valence-corrected chi connectivity index (χ3v) is 3.78. The third-order valence-electron chi connectivity index (χ3n) is 3.55. The molecule has 0 aliphatic rings. The molecule has 0 saturated heterocycles. The van der Waals surface area contributed by atoms with Gasteiger partial charge >= 0.3 is 5.97 Å². The molecule has 0 heterocycles. The van der Waals surface area contributed by atoms with Gasteiger partial charge in [-0.1, -0.05) is 35.9 Å². The summed E-state index contributed by atoms with van der Waals surface area (Å²) in [5.74, 6) is -0.226. The quantitative estimate of drug-likeness (QED) is 0.594. The average molecular weight is 374 g/mol. The molecule has 0 aliphatic heterocycles. The zero-order valence-electron chi connectivity index (χ0n) is 14.6. The van der Waals surface area contributed by atoms with Gasteiger partial charge in [-0.3, -0.25) is 4.79 Å². The number of nitrogens with one attached hydrogen (secondary N) is 1. The van der Waals surface area contributed by atoms with E-state index in [9.17, 15) is 9.59 Å². The van der Waals surface area contributed by atoms with Gasteiger partial charge in [0, 0.05) is 17.6 Å². The molecule has 0 aliphatic carbocycles. The number of hydrogen-bond donors (Lipinski definition) is 1. The van der Waals surface area contributed by atoms with Crippen LogP contribution in [0.25, 0.3) is 6.08 Å². The van der Waals surface area contributed by atoms with E-state index in [-0.39, 0.29) is 5.91 Å². The number of methoxy groups -OCH3 is 1. The molecule has 0 saturated carbocycles. The number of hydrogen-bond acceptors (Lipinski definition) is 4. The normalized spacial score (nSPS) is 11.8. The van der Waals surface area contributed by atoms with Crippen LogP contribution >= 0.6 is 11.6 Å². The molecule has 2 aromatic rings. The minimum Gasteiger partial charge on any atom is -0.497 e. The van der Waals surface area contributed by atoms with Gasteiger partial charge in [0.15, 0.2) is 6.10 Å². The molecule has 6 heteroatoms. The SMILES string of the molecule is COc1ccc(CNC(=O)[C@H](C)OC(=O)/C=C/c2cccc(Cl)c2)cc1. The van der Waals surface area contributed by atoms with Crippen molar-refractivity contribution in [1.82, 2.24) is 5.32 Å². The summed E-state index contributed by atoms with van der Waals surface area (Å²) in [6.07, 6.45) is 1.94. The summed E-state index contributed by atoms with van der Waals surface area (Å²) in [6.45, 7) is 1.86. The molecule has 136 valence electrons. The highest BCUT2D eigenvalue weighted by atomic mass is 35.5. The Labute approximate surface area is 157 Å². The highest BCUT2D eigenvalue weighted by Gasteiger charge is 2.16. The Bertz CT molecular complexity index is 787. The fraction of sp³-hybridized carbons (Fsp3) is 0.200. The molecule has 0 unspecified atom stereocenters. The summed E-state index contributed by atoms with van der Waals surface area (Å²) < 4.78 is 10.2. The fourth-order valence-corrected chi connectivity index (χ4v) is 2.32. The molecule has 0 spiro atoms. The Morgan fingerprint density at radius 1 is 1.19 bits per heavy atom. The van der Waals surface area contributed by atoms with Gasteiger partial charge in [0.1, 0.15) is 5.75 Å². The van der Waals surface area contributed by atoms with Gasteiger partial charge in [0.05, 0.1) is 7.11 Å². The number of rotatable bonds is 7. The zero-order chi connectivity index (χ0) is 18.9. The lowest BCUT2D eigenvalue weighted by atomic mass is 10.2. The number of ether oxygens (including phenoxy) is 2. The van der Waals surface area contributed by atoms with Crippen molar-refractivity contribution < 1.29 is 19.1 Å². The monoisotopic (exact) mass is 373 g/mol. The van der Waals surface area contributed by atoms with E-state index in [4.69, 9.17) is 21.1 Å². The van der Waals surface area contributed by atoms with Crippen molar-refractivity contribution in [3.63, 3.8) is 0 Å². The van der Waals surface area contributed by atoms with E-state index in [2.05, 4.69) is 5.32 Å². The van der Waals surface area contributed by atoms with Crippen molar-refractivity contribution in [2.45, 2.75) is 19.6 Å². The summed E-state index contributed by atoms with van der Waals surface area (Å²) in [5, 5.41) is 3.30. The van der Waals surface area contributed by atoms with Gasteiger partial charge in [0.25, 0.3) is 5.91 Å². The number of carbonyl (C=O) groups excluding carboxylic acids is 2. The van der Waals surface area contributed by atoms with E-state index in [1.807, 2.05) is 24.3 Å². The standard InChI is InChI=1S/C20H20ClNO4/c1-14(20(24)22-13-16-6-9-18(25-2)10-7-16)26-19(23)11-8-15-4-3-5-17(21)12-15/h3-12,14H,13H2,1-2H3,(H,22,24)/b11-8+/t14-/m0/s1. The van der Waals surface area contributed by atoms with Crippen LogP contribution in [0.15, 0.2) is 54.6 Å². The minimum absolute atomic E-state index is 0.336. The van der Waals surface area contributed by atoms with Crippen LogP contribution in [0.1, 0.15) is 18.1 Å². The summed E-state index contributed by atoms with van der Waals surface area (Å²) >= 11 is 5.88. The highest BCUT2D eigenvalue weighted by Crippen LogP contribution is 2.12. The first-order chi connectivity index (χ1) is 12.5. The largest absolute Gasteiger partial charge is 0.497 e. The molecule has 0 aromatic heterocycles. The van der Waals surface area contributed by atoms with Crippen molar-refractivity contribution in [3.8, 4) is 5.75 Å². The summed E-state index contributed by atoms with van der Waals surface area (Å²) in [5.41, 5.74) is 1.68. The summed E-state index contributed by atoms with van der Waals surface area (Å²) in [6, 6.07) is 14.4. The van der Waals surface area contributed by atoms with Crippen molar-refractivity contribution >= 4 is 29.6 Å². The van der Waals surface area contributed by atoms with Gasteiger partial charge in [0.2, 0.25) is 0 Å². The predicted molar refractivity (Wildman–Crippen MR) is 101 cm³/mol. The van der Waals surface area contributed by atoms with E-state index in [1.54, 1.807) is 37.5 Å². The number of amides is 1. The average Bonchev–Trinajstić information content (AvgIpc) is 2.65. The molecule has 0 fully saturated rings. The maximum Gasteiger partial charge on any atom is 0.331 e. The third kappa shape index (κ3) is 6.26. The van der Waals surface area contributed by atoms with Crippen molar-refractivity contribution in [2.24, 2.45) is 0 Å². The molecule has 1 atom stereocenters. The van der Waals surface area contributed by atoms with Crippen LogP contribution in [-0.2, 0) is 20.9 Å². The molecule has 2 aromatic carbocycles. The van der Waals surface area contributed by atoms with E-state index in [0.717, 1.165) is 16.9 Å². The second-order valence-electron chi connectivity index (χ2n) is 5.53. The van der Waals surface area contributed by atoms with E-state index >= 15 is 0 Å². The number of esters is 1. The molecule has 0 radical (unpaired) electrons. The number of halogens is 1. The van der Waals surface area contributed by atoms with Crippen LogP contribution in [0.5, 0.6) is 5.75 Å². The highest BCUT2D eigenvalue weighted by molar-refractivity contribution is 6.30. The van der Waals surface area contributed by atoms with Gasteiger partial charge < -0.3 is 14.8 Å². The Morgan fingerprint density at radius 3 is 2.58 bits per heavy atom. The molecule has 2 rings (SSSR count). The first-order valence-electron chi connectivity index (χ1n) is 8.03. The summed E-state index contributed by atoms with van der Waals surface area (Å²) in [7, 11) is 1.59. The Hall–Kier alpha value is -2.79. The van der Waals surface area contributed by atoms with Crippen LogP contribution in [-0.4, -0.2) is 25.1 Å². The van der Waals surface area contributed by atoms with Gasteiger partial charge in [-0.15, -0.1) is 0 Å². The maximum atomic E-state index is 12.0. The van der Waals surface area contributed by atoms with Crippen LogP contribution in [0.2, 0.25) is 5.02 Å². The van der Waals surface area contributed by atoms with E-state index in [1.165, 1.54) is 13.0 Å². The van der Waals surface area contributed by atoms with Gasteiger partial charge in [-0.25, -0.2) is 4.79 Å². The van der Waals surface area contributed by atoms with E-state index in [0.29, 0.717) is 11.6 Å². The van der Waals surface area contributed by atoms with E-state index < -0.39 is 12.1 Å². The second-order valence-corrected chi connectivity index (χ2v) is 5.97. The smallest absolute Gasteiger partial charge is 0.331 e. The van der Waals surface area contributed by atoms with Crippen LogP contribution in [0, 0.1) is 0 Å². The topological polar surface area (TPSA) is 64.6 Å². The first kappa shape index (κ1) is 19.5. The number of carbonyl (C=O) groups is 2. The lowest BCUT2D eigenvalue weighted by molar-refractivity contribution is -0.150. The van der Waals surface area contributed by atoms with Crippen LogP contribution < -0.4 is 10.1 Å². The Balaban J connectivity index is 1.80. The Morgan fingerprint density at radius 2 is 1.92 bits per heavy atom. The second kappa shape index (κ2) is 9.63. The lowest BCUT2D eigenvalue weighted by Crippen LogP contribution is -2.35. The molecular weight excluding hydrogens is 354 g/mol. The lowest BCUT2D eigenvalue weighted by Gasteiger charge is -2.12. The molecule has 26 heavy (non-hydrogen) atoms. The van der Waals surface area contributed by atoms with Crippen molar-refractivity contribution in [3.05, 3.63) is 70.8 Å². The van der Waals surface area contributed by atoms with Crippen molar-refractivity contribution in [1.29, 1.82) is 0 Å². The fourth-order valence-electron chi connectivity index (χ4n) is 2.12. The van der Waals surface area contributed by atoms with Crippen LogP contribution in [0.4, 0.5) is 0 Å². The molecule has 0 bridgehead atoms. The van der Waals surface area contributed by atoms with Gasteiger partial charge in [-0.2, -0.15) is 0 Å². The van der Waals surface area contributed by atoms with Gasteiger partial charge in [-0.05, 0) is 48.4 Å². The molecular formula is C20H20ClNO4. The maximum absolute atomic E-state index is 12.0. The first-order valence-corrected chi connectivity index (χ1v) is 8.40. The van der Waals surface area contributed by atoms with Crippen molar-refractivity contribution in [2.75, 3.05) is 7.11 Å². The van der Waals surface area contributed by atoms with Crippen LogP contribution in [0.3, 0.4) is 0 Å². The minimum atomic E-state index is -0.898.